The number of halogens is 1. The van der Waals surface area contributed by atoms with E-state index in [9.17, 15) is 5.11 Å². The Morgan fingerprint density at radius 2 is 1.45 bits per heavy atom. The predicted molar refractivity (Wildman–Crippen MR) is 166 cm³/mol. The maximum Gasteiger partial charge on any atom is 0.170 e. The Labute approximate surface area is 249 Å². The number of fused-ring (bicyclic) bond motifs is 1. The molecule has 0 radical (unpaired) electrons. The van der Waals surface area contributed by atoms with Gasteiger partial charge in [-0.25, -0.2) is 4.99 Å². The zero-order valence-corrected chi connectivity index (χ0v) is 23.5. The second-order valence-electron chi connectivity index (χ2n) is 9.53. The van der Waals surface area contributed by atoms with Crippen molar-refractivity contribution in [2.24, 2.45) is 15.2 Å². The van der Waals surface area contributed by atoms with Gasteiger partial charge in [0.15, 0.2) is 23.6 Å². The van der Waals surface area contributed by atoms with E-state index in [2.05, 4.69) is 10.0 Å². The van der Waals surface area contributed by atoms with Crippen molar-refractivity contribution in [2.75, 3.05) is 12.0 Å². The number of amidine groups is 1. The molecule has 7 nitrogen and oxygen atoms in total. The van der Waals surface area contributed by atoms with Gasteiger partial charge in [-0.3, -0.25) is 4.90 Å². The van der Waals surface area contributed by atoms with Crippen LogP contribution in [0, 0.1) is 0 Å². The maximum absolute atomic E-state index is 10.4. The third-order valence-electron chi connectivity index (χ3n) is 6.84. The number of rotatable bonds is 6. The number of aromatic hydroxyl groups is 1. The monoisotopic (exact) mass is 574 g/mol. The van der Waals surface area contributed by atoms with E-state index in [1.807, 2.05) is 97.1 Å². The molecule has 0 saturated heterocycles. The van der Waals surface area contributed by atoms with Gasteiger partial charge in [0, 0.05) is 11.4 Å². The standard InChI is InChI=1S/C34H27ClN4O3/c1-41-31-22-23(20-21-29(31)40)33-32(38-37-27-17-9-8-16-26(27)35)34(36-28-18-10-11-19-30(28)42-33)39(24-12-4-2-5-13-24)25-14-6-3-7-15-25/h2-22,32-33,40H,1H3. The molecule has 1 aliphatic rings. The summed E-state index contributed by atoms with van der Waals surface area (Å²) < 4.78 is 12.2. The van der Waals surface area contributed by atoms with Crippen LogP contribution in [0.1, 0.15) is 11.7 Å². The van der Waals surface area contributed by atoms with E-state index >= 15 is 0 Å². The number of phenolic OH excluding ortho intramolecular Hbond substituents is 1. The zero-order chi connectivity index (χ0) is 28.9. The SMILES string of the molecule is COc1cc(C2Oc3ccccc3N=C(N(c3ccccc3)c3ccccc3)C2N=Nc2ccccc2Cl)ccc1O. The minimum Gasteiger partial charge on any atom is -0.504 e. The topological polar surface area (TPSA) is 79.0 Å². The second kappa shape index (κ2) is 12.2. The van der Waals surface area contributed by atoms with Crippen molar-refractivity contribution in [1.82, 2.24) is 0 Å². The number of aliphatic imine (C=N–C) groups is 1. The number of phenols is 1. The van der Waals surface area contributed by atoms with Gasteiger partial charge in [-0.15, -0.1) is 0 Å². The van der Waals surface area contributed by atoms with Crippen LogP contribution in [0.15, 0.2) is 143 Å². The van der Waals surface area contributed by atoms with Crippen LogP contribution in [0.4, 0.5) is 22.7 Å². The average molecular weight is 575 g/mol. The molecule has 2 unspecified atom stereocenters. The third-order valence-corrected chi connectivity index (χ3v) is 7.16. The van der Waals surface area contributed by atoms with Gasteiger partial charge in [-0.05, 0) is 66.2 Å². The molecule has 42 heavy (non-hydrogen) atoms. The Morgan fingerprint density at radius 3 is 2.14 bits per heavy atom. The average Bonchev–Trinajstić information content (AvgIpc) is 3.19. The van der Waals surface area contributed by atoms with Gasteiger partial charge in [0.1, 0.15) is 23.0 Å². The van der Waals surface area contributed by atoms with Crippen LogP contribution >= 0.6 is 11.6 Å². The molecule has 0 saturated carbocycles. The molecule has 5 aromatic rings. The molecule has 0 fully saturated rings. The fourth-order valence-electron chi connectivity index (χ4n) is 4.82. The van der Waals surface area contributed by atoms with Crippen molar-refractivity contribution in [1.29, 1.82) is 0 Å². The highest BCUT2D eigenvalue weighted by Gasteiger charge is 2.38. The number of hydrogen-bond donors (Lipinski definition) is 1. The predicted octanol–water partition coefficient (Wildman–Crippen LogP) is 9.21. The minimum atomic E-state index is -0.761. The van der Waals surface area contributed by atoms with Crippen LogP contribution in [-0.2, 0) is 0 Å². The number of nitrogens with zero attached hydrogens (tertiary/aromatic N) is 4. The number of anilines is 2. The van der Waals surface area contributed by atoms with E-state index in [1.54, 1.807) is 30.3 Å². The molecular weight excluding hydrogens is 548 g/mol. The summed E-state index contributed by atoms with van der Waals surface area (Å²) in [5.41, 5.74) is 3.67. The molecule has 0 bridgehead atoms. The smallest absolute Gasteiger partial charge is 0.170 e. The summed E-state index contributed by atoms with van der Waals surface area (Å²) in [4.78, 5) is 7.26. The van der Waals surface area contributed by atoms with Crippen LogP contribution in [0.5, 0.6) is 17.2 Å². The van der Waals surface area contributed by atoms with Crippen LogP contribution < -0.4 is 14.4 Å². The number of azo groups is 1. The molecule has 1 heterocycles. The largest absolute Gasteiger partial charge is 0.504 e. The van der Waals surface area contributed by atoms with Gasteiger partial charge in [0.05, 0.1) is 12.1 Å². The summed E-state index contributed by atoms with van der Waals surface area (Å²) >= 11 is 6.48. The lowest BCUT2D eigenvalue weighted by Crippen LogP contribution is -2.39. The van der Waals surface area contributed by atoms with Crippen molar-refractivity contribution in [3.63, 3.8) is 0 Å². The van der Waals surface area contributed by atoms with Crippen LogP contribution in [0.2, 0.25) is 5.02 Å². The number of ether oxygens (including phenoxy) is 2. The van der Waals surface area contributed by atoms with Crippen LogP contribution in [0.25, 0.3) is 0 Å². The Morgan fingerprint density at radius 1 is 0.810 bits per heavy atom. The van der Waals surface area contributed by atoms with E-state index in [-0.39, 0.29) is 5.75 Å². The van der Waals surface area contributed by atoms with E-state index in [0.29, 0.717) is 33.7 Å². The minimum absolute atomic E-state index is 0.0219. The van der Waals surface area contributed by atoms with Gasteiger partial charge < -0.3 is 14.6 Å². The second-order valence-corrected chi connectivity index (χ2v) is 9.93. The summed E-state index contributed by atoms with van der Waals surface area (Å²) in [6.07, 6.45) is -0.705. The summed E-state index contributed by atoms with van der Waals surface area (Å²) in [6.45, 7) is 0. The highest BCUT2D eigenvalue weighted by Crippen LogP contribution is 2.42. The molecule has 0 spiro atoms. The van der Waals surface area contributed by atoms with E-state index in [0.717, 1.165) is 16.9 Å². The lowest BCUT2D eigenvalue weighted by atomic mass is 9.99. The quantitative estimate of drug-likeness (QED) is 0.205. The van der Waals surface area contributed by atoms with E-state index < -0.39 is 12.1 Å². The van der Waals surface area contributed by atoms with Crippen LogP contribution in [0.3, 0.4) is 0 Å². The summed E-state index contributed by atoms with van der Waals surface area (Å²) in [6, 6.07) is 39.2. The first-order chi connectivity index (χ1) is 20.6. The number of benzene rings is 5. The maximum atomic E-state index is 10.4. The summed E-state index contributed by atoms with van der Waals surface area (Å²) in [7, 11) is 1.51. The molecule has 208 valence electrons. The number of methoxy groups -OCH3 is 1. The molecule has 5 aromatic carbocycles. The van der Waals surface area contributed by atoms with Gasteiger partial charge in [-0.2, -0.15) is 10.2 Å². The highest BCUT2D eigenvalue weighted by molar-refractivity contribution is 6.32. The fraction of sp³-hybridized carbons (Fsp3) is 0.0882. The third kappa shape index (κ3) is 5.55. The van der Waals surface area contributed by atoms with Gasteiger partial charge >= 0.3 is 0 Å². The molecule has 2 atom stereocenters. The zero-order valence-electron chi connectivity index (χ0n) is 22.7. The van der Waals surface area contributed by atoms with E-state index in [4.69, 9.17) is 31.2 Å². The Bertz CT molecular complexity index is 1710. The number of para-hydroxylation sites is 4. The van der Waals surface area contributed by atoms with Crippen molar-refractivity contribution in [3.05, 3.63) is 138 Å². The van der Waals surface area contributed by atoms with Gasteiger partial charge in [-0.1, -0.05) is 78.3 Å². The van der Waals surface area contributed by atoms with Crippen molar-refractivity contribution >= 4 is 40.2 Å². The lowest BCUT2D eigenvalue weighted by molar-refractivity contribution is 0.197. The highest BCUT2D eigenvalue weighted by atomic mass is 35.5. The Kier molecular flexibility index (Phi) is 7.83. The molecular formula is C34H27ClN4O3. The molecule has 0 aliphatic carbocycles. The summed E-state index contributed by atoms with van der Waals surface area (Å²) in [5.74, 6) is 1.51. The molecule has 8 heteroatoms. The normalized spacial score (nSPS) is 16.2. The fourth-order valence-corrected chi connectivity index (χ4v) is 4.99. The first kappa shape index (κ1) is 27.1. The molecule has 0 aromatic heterocycles. The van der Waals surface area contributed by atoms with E-state index in [1.165, 1.54) is 7.11 Å². The molecule has 6 rings (SSSR count). The molecule has 0 amide bonds. The number of hydrogen-bond acceptors (Lipinski definition) is 7. The first-order valence-electron chi connectivity index (χ1n) is 13.4. The first-order valence-corrected chi connectivity index (χ1v) is 13.8. The molecule has 1 aliphatic heterocycles. The van der Waals surface area contributed by atoms with Crippen molar-refractivity contribution in [3.8, 4) is 17.2 Å². The Hall–Kier alpha value is -5.14. The lowest BCUT2D eigenvalue weighted by Gasteiger charge is -2.31. The molecule has 1 N–H and O–H groups in total. The van der Waals surface area contributed by atoms with Gasteiger partial charge in [0.25, 0.3) is 0 Å². The summed E-state index contributed by atoms with van der Waals surface area (Å²) in [5, 5.41) is 20.4. The van der Waals surface area contributed by atoms with Crippen molar-refractivity contribution < 1.29 is 14.6 Å². The van der Waals surface area contributed by atoms with Crippen molar-refractivity contribution in [2.45, 2.75) is 12.1 Å². The van der Waals surface area contributed by atoms with Crippen LogP contribution in [-0.4, -0.2) is 24.1 Å². The van der Waals surface area contributed by atoms with Gasteiger partial charge in [0.2, 0.25) is 0 Å². The Balaban J connectivity index is 1.61.